The van der Waals surface area contributed by atoms with Crippen LogP contribution in [0.15, 0.2) is 64.0 Å². The van der Waals surface area contributed by atoms with Crippen molar-refractivity contribution < 1.29 is 27.1 Å². The fraction of sp³-hybridized carbons (Fsp3) is 0.250. The van der Waals surface area contributed by atoms with Gasteiger partial charge in [-0.15, -0.1) is 17.4 Å². The van der Waals surface area contributed by atoms with E-state index in [0.29, 0.717) is 41.3 Å². The molecule has 0 bridgehead atoms. The largest absolute Gasteiger partial charge is 0.443 e. The Morgan fingerprint density at radius 3 is 2.71 bits per heavy atom. The van der Waals surface area contributed by atoms with Gasteiger partial charge in [0.2, 0.25) is 11.2 Å². The summed E-state index contributed by atoms with van der Waals surface area (Å²) < 4.78 is 52.4. The molecule has 6 rings (SSSR count). The number of aliphatic imine (C=N–C) groups is 1. The van der Waals surface area contributed by atoms with Crippen molar-refractivity contribution in [2.75, 3.05) is 35.2 Å². The molecule has 1 fully saturated rings. The molecule has 2 aliphatic heterocycles. The number of carbonyl (C=O) groups excluding carboxylic acids is 1. The van der Waals surface area contributed by atoms with Crippen LogP contribution >= 0.6 is 11.3 Å². The summed E-state index contributed by atoms with van der Waals surface area (Å²) in [5.74, 6) is 1.78. The lowest BCUT2D eigenvalue weighted by molar-refractivity contribution is -0.137. The van der Waals surface area contributed by atoms with Crippen molar-refractivity contribution >= 4 is 39.7 Å². The van der Waals surface area contributed by atoms with E-state index in [1.807, 2.05) is 42.5 Å². The van der Waals surface area contributed by atoms with Gasteiger partial charge in [0, 0.05) is 30.6 Å². The van der Waals surface area contributed by atoms with Crippen molar-refractivity contribution in [1.29, 1.82) is 0 Å². The topological polar surface area (TPSA) is 118 Å². The monoisotopic (exact) mass is 593 g/mol. The highest BCUT2D eigenvalue weighted by atomic mass is 32.1. The average Bonchev–Trinajstić information content (AvgIpc) is 3.61. The summed E-state index contributed by atoms with van der Waals surface area (Å²) in [4.78, 5) is 23.3. The quantitative estimate of drug-likeness (QED) is 0.310. The summed E-state index contributed by atoms with van der Waals surface area (Å²) in [7, 11) is 0. The number of fused-ring (bicyclic) bond motifs is 1. The molecule has 2 atom stereocenters. The van der Waals surface area contributed by atoms with Crippen molar-refractivity contribution in [2.45, 2.75) is 24.9 Å². The Morgan fingerprint density at radius 2 is 1.93 bits per heavy atom. The third-order valence-corrected chi connectivity index (χ3v) is 7.67. The first-order chi connectivity index (χ1) is 20.3. The van der Waals surface area contributed by atoms with E-state index in [-0.39, 0.29) is 41.9 Å². The zero-order valence-electron chi connectivity index (χ0n) is 21.8. The molecule has 214 valence electrons. The second-order valence-corrected chi connectivity index (χ2v) is 10.3. The lowest BCUT2D eigenvalue weighted by Gasteiger charge is -2.32. The number of hydrogen-bond donors (Lipinski definition) is 2. The van der Waals surface area contributed by atoms with E-state index >= 15 is 0 Å². The van der Waals surface area contributed by atoms with Crippen molar-refractivity contribution in [3.63, 3.8) is 0 Å². The van der Waals surface area contributed by atoms with Crippen molar-refractivity contribution in [1.82, 2.24) is 15.2 Å². The van der Waals surface area contributed by atoms with E-state index in [0.717, 1.165) is 5.56 Å². The van der Waals surface area contributed by atoms with Gasteiger partial charge in [0.25, 0.3) is 11.8 Å². The number of ether oxygens (including phenoxy) is 1. The number of carbonyl (C=O) groups is 1. The van der Waals surface area contributed by atoms with Crippen LogP contribution in [0, 0.1) is 12.3 Å². The molecule has 4 heterocycles. The average molecular weight is 594 g/mol. The number of aromatic nitrogens is 3. The van der Waals surface area contributed by atoms with Gasteiger partial charge < -0.3 is 24.7 Å². The minimum Gasteiger partial charge on any atom is -0.402 e. The van der Waals surface area contributed by atoms with Crippen LogP contribution in [0.25, 0.3) is 11.6 Å². The molecule has 0 unspecified atom stereocenters. The second-order valence-electron chi connectivity index (χ2n) is 9.36. The molecule has 0 spiro atoms. The molecule has 1 amide bonds. The van der Waals surface area contributed by atoms with Crippen LogP contribution in [0.4, 0.5) is 29.9 Å². The van der Waals surface area contributed by atoms with Crippen LogP contribution < -0.4 is 15.5 Å². The molecule has 0 radical (unpaired) electrons. The van der Waals surface area contributed by atoms with E-state index in [9.17, 15) is 18.0 Å². The normalized spacial score (nSPS) is 18.9. The van der Waals surface area contributed by atoms with Gasteiger partial charge in [-0.1, -0.05) is 65.0 Å². The number of benzodiazepines with no additional fused rings is 1. The summed E-state index contributed by atoms with van der Waals surface area (Å²) in [6.07, 6.45) is -0.500. The lowest BCUT2D eigenvalue weighted by Crippen LogP contribution is -2.42. The number of hydrogen-bond acceptors (Lipinski definition) is 10. The fourth-order valence-corrected chi connectivity index (χ4v) is 5.58. The maximum absolute atomic E-state index is 13.7. The summed E-state index contributed by atoms with van der Waals surface area (Å²) >= 11 is 0.475. The SMILES string of the molecule is C#CC[C@H]1CN(c2sc(C(F)(F)F)nc2-c2nnc(N[C@H]3N=C(c4ccccc4)c4ccccc4NC3=O)o2)CCO1. The first-order valence-corrected chi connectivity index (χ1v) is 13.6. The maximum atomic E-state index is 13.7. The zero-order chi connectivity index (χ0) is 29.3. The predicted octanol–water partition coefficient (Wildman–Crippen LogP) is 4.67. The number of benzene rings is 2. The molecule has 0 saturated carbocycles. The van der Waals surface area contributed by atoms with Gasteiger partial charge in [-0.25, -0.2) is 9.98 Å². The molecule has 2 aromatic heterocycles. The highest BCUT2D eigenvalue weighted by Crippen LogP contribution is 2.43. The van der Waals surface area contributed by atoms with Crippen LogP contribution in [0.3, 0.4) is 0 Å². The van der Waals surface area contributed by atoms with E-state index in [1.54, 1.807) is 17.0 Å². The van der Waals surface area contributed by atoms with Crippen molar-refractivity contribution in [2.24, 2.45) is 4.99 Å². The maximum Gasteiger partial charge on any atom is 0.443 e. The minimum absolute atomic E-state index is 0.125. The molecule has 42 heavy (non-hydrogen) atoms. The van der Waals surface area contributed by atoms with Crippen LogP contribution in [0.1, 0.15) is 22.6 Å². The van der Waals surface area contributed by atoms with Crippen LogP contribution in [0.2, 0.25) is 0 Å². The Hall–Kier alpha value is -4.74. The van der Waals surface area contributed by atoms with E-state index in [2.05, 4.69) is 36.7 Å². The van der Waals surface area contributed by atoms with E-state index < -0.39 is 23.3 Å². The Balaban J connectivity index is 1.32. The number of nitrogens with one attached hydrogen (secondary N) is 2. The second kappa shape index (κ2) is 11.3. The molecular formula is C28H22F3N7O3S. The predicted molar refractivity (Wildman–Crippen MR) is 150 cm³/mol. The van der Waals surface area contributed by atoms with Crippen molar-refractivity contribution in [3.8, 4) is 23.9 Å². The molecular weight excluding hydrogens is 571 g/mol. The minimum atomic E-state index is -4.68. The summed E-state index contributed by atoms with van der Waals surface area (Å²) in [6.45, 7) is 0.880. The van der Waals surface area contributed by atoms with Crippen LogP contribution in [-0.2, 0) is 15.7 Å². The number of morpholine rings is 1. The molecule has 0 aliphatic carbocycles. The number of rotatable bonds is 6. The molecule has 2 aromatic carbocycles. The number of anilines is 3. The Morgan fingerprint density at radius 1 is 1.14 bits per heavy atom. The van der Waals surface area contributed by atoms with E-state index in [1.165, 1.54) is 0 Å². The molecule has 2 N–H and O–H groups in total. The Kier molecular flexibility index (Phi) is 7.36. The van der Waals surface area contributed by atoms with Gasteiger partial charge in [0.05, 0.1) is 24.1 Å². The summed E-state index contributed by atoms with van der Waals surface area (Å²) in [5.41, 5.74) is 2.49. The molecule has 10 nitrogen and oxygen atoms in total. The highest BCUT2D eigenvalue weighted by molar-refractivity contribution is 7.16. The van der Waals surface area contributed by atoms with Gasteiger partial charge >= 0.3 is 12.2 Å². The third-order valence-electron chi connectivity index (χ3n) is 6.50. The Labute approximate surface area is 241 Å². The van der Waals surface area contributed by atoms with Crippen LogP contribution in [-0.4, -0.2) is 58.8 Å². The molecule has 2 aliphatic rings. The van der Waals surface area contributed by atoms with Gasteiger partial charge in [-0.2, -0.15) is 13.2 Å². The summed E-state index contributed by atoms with van der Waals surface area (Å²) in [6, 6.07) is 16.4. The summed E-state index contributed by atoms with van der Waals surface area (Å²) in [5, 5.41) is 12.7. The number of amides is 1. The number of terminal acetylenes is 1. The third kappa shape index (κ3) is 5.56. The first-order valence-electron chi connectivity index (χ1n) is 12.8. The number of nitrogens with zero attached hydrogens (tertiary/aromatic N) is 5. The highest BCUT2D eigenvalue weighted by Gasteiger charge is 2.39. The smallest absolute Gasteiger partial charge is 0.402 e. The van der Waals surface area contributed by atoms with Gasteiger partial charge in [0.1, 0.15) is 5.00 Å². The lowest BCUT2D eigenvalue weighted by atomic mass is 10.0. The van der Waals surface area contributed by atoms with Crippen molar-refractivity contribution in [3.05, 3.63) is 70.7 Å². The number of halogens is 3. The van der Waals surface area contributed by atoms with Gasteiger partial charge in [0.15, 0.2) is 5.69 Å². The Bertz CT molecular complexity index is 1680. The van der Waals surface area contributed by atoms with E-state index in [4.69, 9.17) is 15.6 Å². The zero-order valence-corrected chi connectivity index (χ0v) is 22.6. The van der Waals surface area contributed by atoms with Crippen LogP contribution in [0.5, 0.6) is 0 Å². The molecule has 14 heteroatoms. The fourth-order valence-electron chi connectivity index (χ4n) is 4.62. The number of para-hydroxylation sites is 1. The van der Waals surface area contributed by atoms with Gasteiger partial charge in [-0.3, -0.25) is 4.79 Å². The number of alkyl halides is 3. The standard InChI is InChI=1S/C28H22F3N7O3S/c1-2-8-17-15-38(13-14-40-17)25-21(34-26(42-25)28(29,30)31)24-36-37-27(41-24)35-22-23(39)32-19-12-7-6-11-18(19)20(33-22)16-9-4-3-5-10-16/h1,3-7,9-12,17,22H,8,13-15H2,(H,32,39)(H,35,37)/t17-,22+/m0/s1. The first kappa shape index (κ1) is 27.4. The molecule has 1 saturated heterocycles. The van der Waals surface area contributed by atoms with Gasteiger partial charge in [-0.05, 0) is 6.07 Å². The molecule has 4 aromatic rings. The number of thiazole rings is 1.